The number of aliphatic hydroxyl groups excluding tert-OH is 1. The Morgan fingerprint density at radius 2 is 2.03 bits per heavy atom. The molecule has 0 saturated carbocycles. The number of rotatable bonds is 7. The number of amides is 1. The number of benzene rings is 1. The zero-order chi connectivity index (χ0) is 28.5. The Morgan fingerprint density at radius 3 is 2.67 bits per heavy atom. The lowest BCUT2D eigenvalue weighted by Crippen LogP contribution is -2.65. The molecule has 1 saturated heterocycles. The lowest BCUT2D eigenvalue weighted by Gasteiger charge is -2.47. The van der Waals surface area contributed by atoms with Crippen LogP contribution in [-0.4, -0.2) is 71.2 Å². The fraction of sp³-hybridized carbons (Fsp3) is 0.440. The van der Waals surface area contributed by atoms with Crippen LogP contribution in [-0.2, 0) is 18.9 Å². The van der Waals surface area contributed by atoms with Crippen LogP contribution in [0.4, 0.5) is 9.93 Å². The van der Waals surface area contributed by atoms with Crippen LogP contribution in [0.15, 0.2) is 32.9 Å². The number of carbonyl (C=O) groups excluding carboxylic acids is 2. The molecule has 1 fully saturated rings. The predicted octanol–water partition coefficient (Wildman–Crippen LogP) is 2.95. The number of hydrogen-bond acceptors (Lipinski definition) is 13. The molecule has 0 aliphatic carbocycles. The van der Waals surface area contributed by atoms with Crippen LogP contribution < -0.4 is 15.7 Å². The summed E-state index contributed by atoms with van der Waals surface area (Å²) < 4.78 is 33.1. The molecule has 1 aliphatic rings. The zero-order valence-electron chi connectivity index (χ0n) is 21.8. The Morgan fingerprint density at radius 1 is 1.28 bits per heavy atom. The van der Waals surface area contributed by atoms with E-state index < -0.39 is 59.2 Å². The number of aromatic hydroxyl groups is 1. The molecule has 4 rings (SSSR count). The third kappa shape index (κ3) is 5.54. The number of ether oxygens (including phenoxy) is 5. The number of nitrogens with zero attached hydrogens (tertiary/aromatic N) is 1. The van der Waals surface area contributed by atoms with Gasteiger partial charge < -0.3 is 38.3 Å². The number of aromatic nitrogens is 1. The van der Waals surface area contributed by atoms with Crippen molar-refractivity contribution in [3.05, 3.63) is 45.3 Å². The molecular weight excluding hydrogens is 536 g/mol. The molecule has 2 aromatic heterocycles. The van der Waals surface area contributed by atoms with Crippen LogP contribution in [0.5, 0.6) is 11.5 Å². The first-order chi connectivity index (χ1) is 18.5. The van der Waals surface area contributed by atoms with Crippen LogP contribution in [0, 0.1) is 6.92 Å². The maximum atomic E-state index is 12.5. The summed E-state index contributed by atoms with van der Waals surface area (Å²) in [6, 6.07) is 2.83. The normalized spacial score (nSPS) is 22.3. The molecule has 39 heavy (non-hydrogen) atoms. The summed E-state index contributed by atoms with van der Waals surface area (Å²) in [5.74, 6) is -1.47. The Labute approximate surface area is 226 Å². The molecule has 0 spiro atoms. The second-order valence-electron chi connectivity index (χ2n) is 9.09. The van der Waals surface area contributed by atoms with Crippen LogP contribution in [0.3, 0.4) is 0 Å². The van der Waals surface area contributed by atoms with E-state index in [2.05, 4.69) is 10.3 Å². The molecule has 0 bridgehead atoms. The molecule has 3 aromatic rings. The lowest BCUT2D eigenvalue weighted by atomic mass is 9.89. The van der Waals surface area contributed by atoms with Crippen molar-refractivity contribution in [1.29, 1.82) is 0 Å². The first-order valence-corrected chi connectivity index (χ1v) is 12.7. The first-order valence-electron chi connectivity index (χ1n) is 11.9. The third-order valence-electron chi connectivity index (χ3n) is 6.13. The van der Waals surface area contributed by atoms with Gasteiger partial charge in [-0.15, -0.1) is 11.3 Å². The number of methoxy groups -OCH3 is 1. The minimum atomic E-state index is -1.51. The Kier molecular flexibility index (Phi) is 8.11. The minimum absolute atomic E-state index is 0.00282. The summed E-state index contributed by atoms with van der Waals surface area (Å²) in [6.45, 7) is 6.48. The fourth-order valence-corrected chi connectivity index (χ4v) is 4.85. The van der Waals surface area contributed by atoms with Crippen molar-refractivity contribution in [2.75, 3.05) is 19.0 Å². The first kappa shape index (κ1) is 28.3. The average molecular weight is 565 g/mol. The zero-order valence-corrected chi connectivity index (χ0v) is 22.6. The van der Waals surface area contributed by atoms with E-state index in [1.54, 1.807) is 33.1 Å². The van der Waals surface area contributed by atoms with Gasteiger partial charge in [0.25, 0.3) is 0 Å². The number of hydrogen-bond donors (Lipinski definition) is 3. The third-order valence-corrected chi connectivity index (χ3v) is 6.82. The lowest BCUT2D eigenvalue weighted by molar-refractivity contribution is -0.304. The highest BCUT2D eigenvalue weighted by Crippen LogP contribution is 2.37. The van der Waals surface area contributed by atoms with Gasteiger partial charge in [0.15, 0.2) is 22.9 Å². The van der Waals surface area contributed by atoms with Crippen molar-refractivity contribution >= 4 is 39.5 Å². The van der Waals surface area contributed by atoms with Gasteiger partial charge in [-0.1, -0.05) is 0 Å². The van der Waals surface area contributed by atoms with Crippen LogP contribution in [0.1, 0.15) is 36.7 Å². The number of aryl methyl sites for hydroxylation is 1. The van der Waals surface area contributed by atoms with Gasteiger partial charge in [0.05, 0.1) is 17.6 Å². The van der Waals surface area contributed by atoms with E-state index >= 15 is 0 Å². The van der Waals surface area contributed by atoms with E-state index in [-0.39, 0.29) is 28.9 Å². The number of esters is 1. The maximum Gasteiger partial charge on any atom is 0.413 e. The summed E-state index contributed by atoms with van der Waals surface area (Å²) in [7, 11) is 1.39. The second-order valence-corrected chi connectivity index (χ2v) is 9.98. The molecular formula is C25H28N2O11S. The summed E-state index contributed by atoms with van der Waals surface area (Å²) in [5, 5.41) is 26.3. The molecule has 4 atom stereocenters. The Hall–Kier alpha value is -3.72. The van der Waals surface area contributed by atoms with Crippen LogP contribution >= 0.6 is 11.3 Å². The van der Waals surface area contributed by atoms with Gasteiger partial charge in [0, 0.05) is 24.3 Å². The quantitative estimate of drug-likeness (QED) is 0.283. The van der Waals surface area contributed by atoms with Gasteiger partial charge in [-0.05, 0) is 39.8 Å². The van der Waals surface area contributed by atoms with Gasteiger partial charge in [0.1, 0.15) is 23.2 Å². The van der Waals surface area contributed by atoms with Crippen molar-refractivity contribution in [3.63, 3.8) is 0 Å². The van der Waals surface area contributed by atoms with Crippen molar-refractivity contribution < 1.29 is 47.9 Å². The summed E-state index contributed by atoms with van der Waals surface area (Å²) >= 11 is 1.19. The molecule has 3 heterocycles. The molecule has 14 heteroatoms. The van der Waals surface area contributed by atoms with Gasteiger partial charge in [0.2, 0.25) is 6.29 Å². The van der Waals surface area contributed by atoms with Crippen molar-refractivity contribution in [1.82, 2.24) is 4.98 Å². The largest absolute Gasteiger partial charge is 0.506 e. The molecule has 13 nitrogen and oxygen atoms in total. The summed E-state index contributed by atoms with van der Waals surface area (Å²) in [5.41, 5.74) is -2.56. The topological polar surface area (TPSA) is 176 Å². The number of fused-ring (bicyclic) bond motifs is 1. The van der Waals surface area contributed by atoms with Gasteiger partial charge >= 0.3 is 17.7 Å². The standard InChI is InChI=1S/C25H28N2O11S/c1-6-34-20(30)14-15(28)12-7-8-13(11(2)17(12)36-21(14)31)35-22-16(29)18(19(33-5)25(3,4)38-22)37-24(32)27-23-26-9-10-39-23/h7-10,16,18-19,22,28-29H,6H2,1-5H3,(H,26,27,32)/t16-,18-,19-,22-/m1/s1. The van der Waals surface area contributed by atoms with E-state index in [1.807, 2.05) is 0 Å². The molecule has 0 unspecified atom stereocenters. The van der Waals surface area contributed by atoms with Gasteiger partial charge in [-0.2, -0.15) is 0 Å². The Bertz CT molecular complexity index is 1420. The van der Waals surface area contributed by atoms with Crippen molar-refractivity contribution in [2.45, 2.75) is 57.9 Å². The van der Waals surface area contributed by atoms with Crippen molar-refractivity contribution in [3.8, 4) is 11.5 Å². The number of anilines is 1. The summed E-state index contributed by atoms with van der Waals surface area (Å²) in [4.78, 5) is 41.1. The Balaban J connectivity index is 1.63. The van der Waals surface area contributed by atoms with E-state index in [4.69, 9.17) is 28.1 Å². The minimum Gasteiger partial charge on any atom is -0.506 e. The molecule has 1 aliphatic heterocycles. The molecule has 1 amide bonds. The van der Waals surface area contributed by atoms with Gasteiger partial charge in [-0.25, -0.2) is 19.4 Å². The van der Waals surface area contributed by atoms with Crippen LogP contribution in [0.2, 0.25) is 0 Å². The molecule has 0 radical (unpaired) electrons. The number of nitrogens with one attached hydrogen (secondary N) is 1. The van der Waals surface area contributed by atoms with E-state index in [9.17, 15) is 24.6 Å². The number of aliphatic hydroxyl groups is 1. The van der Waals surface area contributed by atoms with Crippen molar-refractivity contribution in [2.24, 2.45) is 0 Å². The van der Waals surface area contributed by atoms with E-state index in [0.29, 0.717) is 5.13 Å². The van der Waals surface area contributed by atoms with Gasteiger partial charge in [-0.3, -0.25) is 5.32 Å². The average Bonchev–Trinajstić information content (AvgIpc) is 3.37. The van der Waals surface area contributed by atoms with E-state index in [1.165, 1.54) is 36.8 Å². The maximum absolute atomic E-state index is 12.5. The molecule has 1 aromatic carbocycles. The van der Waals surface area contributed by atoms with E-state index in [0.717, 1.165) is 0 Å². The monoisotopic (exact) mass is 564 g/mol. The molecule has 3 N–H and O–H groups in total. The van der Waals surface area contributed by atoms with Crippen LogP contribution in [0.25, 0.3) is 11.0 Å². The SMILES string of the molecule is CCOC(=O)c1c(O)c2ccc(O[C@@H]3OC(C)(C)[C@H](OC)[C@H](OC(=O)Nc4nccs4)[C@H]3O)c(C)c2oc1=O. The highest BCUT2D eigenvalue weighted by Gasteiger charge is 2.53. The number of thiazole rings is 1. The molecule has 210 valence electrons. The summed E-state index contributed by atoms with van der Waals surface area (Å²) in [6.07, 6.45) is -4.28. The highest BCUT2D eigenvalue weighted by atomic mass is 32.1. The second kappa shape index (κ2) is 11.2. The number of carbonyl (C=O) groups is 2. The smallest absolute Gasteiger partial charge is 0.413 e. The highest BCUT2D eigenvalue weighted by molar-refractivity contribution is 7.13. The fourth-order valence-electron chi connectivity index (χ4n) is 4.34. The predicted molar refractivity (Wildman–Crippen MR) is 137 cm³/mol.